The van der Waals surface area contributed by atoms with Crippen molar-refractivity contribution in [1.29, 1.82) is 0 Å². The minimum Gasteiger partial charge on any atom is -0.493 e. The number of ether oxygens (including phenoxy) is 3. The van der Waals surface area contributed by atoms with Crippen molar-refractivity contribution in [3.8, 4) is 17.2 Å². The predicted molar refractivity (Wildman–Crippen MR) is 144 cm³/mol. The largest absolute Gasteiger partial charge is 0.493 e. The monoisotopic (exact) mass is 504 g/mol. The van der Waals surface area contributed by atoms with Crippen molar-refractivity contribution in [1.82, 2.24) is 0 Å². The zero-order valence-electron chi connectivity index (χ0n) is 22.0. The number of benzene rings is 3. The second-order valence-corrected chi connectivity index (χ2v) is 9.58. The average molecular weight is 505 g/mol. The van der Waals surface area contributed by atoms with Crippen molar-refractivity contribution in [2.24, 2.45) is 0 Å². The number of unbranched alkanes of at least 4 members (excludes halogenated alkanes) is 1. The summed E-state index contributed by atoms with van der Waals surface area (Å²) >= 11 is 0. The second kappa shape index (κ2) is 12.9. The van der Waals surface area contributed by atoms with E-state index in [1.54, 1.807) is 24.3 Å². The van der Waals surface area contributed by atoms with Crippen molar-refractivity contribution in [3.63, 3.8) is 0 Å². The van der Waals surface area contributed by atoms with Gasteiger partial charge in [-0.05, 0) is 75.6 Å². The van der Waals surface area contributed by atoms with Crippen LogP contribution in [0.5, 0.6) is 17.2 Å². The van der Waals surface area contributed by atoms with Gasteiger partial charge in [0.25, 0.3) is 0 Å². The van der Waals surface area contributed by atoms with E-state index in [1.807, 2.05) is 55.5 Å². The van der Waals surface area contributed by atoms with Crippen molar-refractivity contribution in [3.05, 3.63) is 89.5 Å². The Labute approximate surface area is 219 Å². The molecule has 37 heavy (non-hydrogen) atoms. The van der Waals surface area contributed by atoms with Crippen LogP contribution >= 0.6 is 0 Å². The van der Waals surface area contributed by atoms with Gasteiger partial charge in [0.2, 0.25) is 0 Å². The first-order valence-corrected chi connectivity index (χ1v) is 12.7. The maximum Gasteiger partial charge on any atom is 0.347 e. The van der Waals surface area contributed by atoms with Crippen LogP contribution in [0.25, 0.3) is 0 Å². The minimum atomic E-state index is -1.32. The molecule has 0 bridgehead atoms. The molecule has 1 atom stereocenters. The third-order valence-electron chi connectivity index (χ3n) is 5.98. The lowest BCUT2D eigenvalue weighted by atomic mass is 9.98. The van der Waals surface area contributed by atoms with E-state index in [0.29, 0.717) is 41.4 Å². The summed E-state index contributed by atoms with van der Waals surface area (Å²) in [6.07, 6.45) is 3.51. The Kier molecular flexibility index (Phi) is 9.72. The van der Waals surface area contributed by atoms with E-state index in [1.165, 1.54) is 13.8 Å². The number of carbonyl (C=O) groups is 2. The first-order valence-electron chi connectivity index (χ1n) is 12.7. The van der Waals surface area contributed by atoms with Crippen LogP contribution in [0.4, 0.5) is 0 Å². The van der Waals surface area contributed by atoms with E-state index in [2.05, 4.69) is 6.92 Å². The minimum absolute atomic E-state index is 0.0502. The van der Waals surface area contributed by atoms with Crippen LogP contribution in [0.15, 0.2) is 72.8 Å². The maximum absolute atomic E-state index is 13.3. The SMILES string of the molecule is CCCCc1ccc(OC(C)CCOc2ccc(OC(C)(C)C(=O)O)cc2)c(C(=O)c2ccccc2)c1. The smallest absolute Gasteiger partial charge is 0.347 e. The molecular weight excluding hydrogens is 468 g/mol. The number of carboxylic acid groups (broad SMARTS) is 1. The van der Waals surface area contributed by atoms with E-state index in [-0.39, 0.29) is 11.9 Å². The molecule has 3 aromatic carbocycles. The number of rotatable bonds is 14. The topological polar surface area (TPSA) is 82.1 Å². The summed E-state index contributed by atoms with van der Waals surface area (Å²) in [5, 5.41) is 9.20. The summed E-state index contributed by atoms with van der Waals surface area (Å²) in [6.45, 7) is 7.52. The summed E-state index contributed by atoms with van der Waals surface area (Å²) in [6, 6.07) is 22.0. The molecule has 1 unspecified atom stereocenters. The highest BCUT2D eigenvalue weighted by Gasteiger charge is 2.29. The number of carbonyl (C=O) groups excluding carboxylic acids is 1. The Balaban J connectivity index is 1.61. The molecule has 0 aliphatic heterocycles. The molecule has 3 rings (SSSR count). The third-order valence-corrected chi connectivity index (χ3v) is 5.98. The molecule has 0 aliphatic rings. The van der Waals surface area contributed by atoms with Gasteiger partial charge in [0, 0.05) is 12.0 Å². The quantitative estimate of drug-likeness (QED) is 0.245. The molecule has 0 spiro atoms. The molecule has 6 nitrogen and oxygen atoms in total. The Morgan fingerprint density at radius 1 is 0.946 bits per heavy atom. The van der Waals surface area contributed by atoms with Gasteiger partial charge >= 0.3 is 5.97 Å². The predicted octanol–water partition coefficient (Wildman–Crippen LogP) is 6.74. The molecular formula is C31H36O6. The van der Waals surface area contributed by atoms with Crippen LogP contribution in [0.3, 0.4) is 0 Å². The highest BCUT2D eigenvalue weighted by Crippen LogP contribution is 2.26. The van der Waals surface area contributed by atoms with Gasteiger partial charge in [-0.15, -0.1) is 0 Å². The fraction of sp³-hybridized carbons (Fsp3) is 0.355. The van der Waals surface area contributed by atoms with Crippen LogP contribution in [0.2, 0.25) is 0 Å². The van der Waals surface area contributed by atoms with E-state index in [4.69, 9.17) is 14.2 Å². The van der Waals surface area contributed by atoms with Gasteiger partial charge in [-0.1, -0.05) is 49.7 Å². The highest BCUT2D eigenvalue weighted by atomic mass is 16.5. The molecule has 0 saturated carbocycles. The van der Waals surface area contributed by atoms with Crippen molar-refractivity contribution >= 4 is 11.8 Å². The standard InChI is InChI=1S/C31H36O6/c1-5-6-10-23-13-18-28(27(21-23)29(32)24-11-8-7-9-12-24)36-22(2)19-20-35-25-14-16-26(17-15-25)37-31(3,4)30(33)34/h7-9,11-18,21-22H,5-6,10,19-20H2,1-4H3,(H,33,34). The Morgan fingerprint density at radius 2 is 1.62 bits per heavy atom. The molecule has 0 aliphatic carbocycles. The molecule has 0 saturated heterocycles. The Morgan fingerprint density at radius 3 is 2.27 bits per heavy atom. The highest BCUT2D eigenvalue weighted by molar-refractivity contribution is 6.10. The first-order chi connectivity index (χ1) is 17.7. The molecule has 0 aromatic heterocycles. The number of aryl methyl sites for hydroxylation is 1. The molecule has 0 fully saturated rings. The summed E-state index contributed by atoms with van der Waals surface area (Å²) in [4.78, 5) is 24.5. The van der Waals surface area contributed by atoms with Crippen molar-refractivity contribution in [2.75, 3.05) is 6.61 Å². The molecule has 196 valence electrons. The van der Waals surface area contributed by atoms with E-state index in [0.717, 1.165) is 24.8 Å². The number of aliphatic carboxylic acids is 1. The van der Waals surface area contributed by atoms with E-state index < -0.39 is 11.6 Å². The van der Waals surface area contributed by atoms with Crippen LogP contribution in [-0.4, -0.2) is 35.2 Å². The van der Waals surface area contributed by atoms with Crippen molar-refractivity contribution in [2.45, 2.75) is 65.1 Å². The lowest BCUT2D eigenvalue weighted by Gasteiger charge is -2.21. The van der Waals surface area contributed by atoms with Crippen LogP contribution in [0.1, 0.15) is 68.4 Å². The number of hydrogen-bond acceptors (Lipinski definition) is 5. The van der Waals surface area contributed by atoms with Gasteiger partial charge in [-0.3, -0.25) is 4.79 Å². The first kappa shape index (κ1) is 27.8. The fourth-order valence-corrected chi connectivity index (χ4v) is 3.70. The number of ketones is 1. The second-order valence-electron chi connectivity index (χ2n) is 9.58. The van der Waals surface area contributed by atoms with Gasteiger partial charge in [0.15, 0.2) is 11.4 Å². The molecule has 0 amide bonds. The summed E-state index contributed by atoms with van der Waals surface area (Å²) < 4.78 is 17.6. The van der Waals surface area contributed by atoms with Crippen LogP contribution < -0.4 is 14.2 Å². The van der Waals surface area contributed by atoms with Crippen LogP contribution in [0, 0.1) is 0 Å². The Hall–Kier alpha value is -3.80. The molecule has 6 heteroatoms. The van der Waals surface area contributed by atoms with Crippen molar-refractivity contribution < 1.29 is 28.9 Å². The molecule has 0 radical (unpaired) electrons. The summed E-state index contributed by atoms with van der Waals surface area (Å²) in [5.41, 5.74) is 1.02. The van der Waals surface area contributed by atoms with Crippen LogP contribution in [-0.2, 0) is 11.2 Å². The molecule has 0 heterocycles. The third kappa shape index (κ3) is 8.10. The van der Waals surface area contributed by atoms with E-state index >= 15 is 0 Å². The summed E-state index contributed by atoms with van der Waals surface area (Å²) in [5.74, 6) is 0.586. The number of hydrogen-bond donors (Lipinski definition) is 1. The molecule has 3 aromatic rings. The lowest BCUT2D eigenvalue weighted by molar-refractivity contribution is -0.152. The average Bonchev–Trinajstić information content (AvgIpc) is 2.89. The molecule has 1 N–H and O–H groups in total. The zero-order valence-corrected chi connectivity index (χ0v) is 22.0. The fourth-order valence-electron chi connectivity index (χ4n) is 3.70. The van der Waals surface area contributed by atoms with Gasteiger partial charge < -0.3 is 19.3 Å². The van der Waals surface area contributed by atoms with Gasteiger partial charge in [-0.2, -0.15) is 0 Å². The van der Waals surface area contributed by atoms with Gasteiger partial charge in [0.1, 0.15) is 17.2 Å². The van der Waals surface area contributed by atoms with Gasteiger partial charge in [-0.25, -0.2) is 4.79 Å². The normalized spacial score (nSPS) is 12.0. The maximum atomic E-state index is 13.3. The van der Waals surface area contributed by atoms with E-state index in [9.17, 15) is 14.7 Å². The Bertz CT molecular complexity index is 1170. The zero-order chi connectivity index (χ0) is 26.8. The lowest BCUT2D eigenvalue weighted by Crippen LogP contribution is -2.37. The van der Waals surface area contributed by atoms with Gasteiger partial charge in [0.05, 0.1) is 18.3 Å². The summed E-state index contributed by atoms with van der Waals surface area (Å²) in [7, 11) is 0. The number of carboxylic acids is 1.